The second-order valence-corrected chi connectivity index (χ2v) is 4.71. The summed E-state index contributed by atoms with van der Waals surface area (Å²) in [5, 5.41) is 3.86. The summed E-state index contributed by atoms with van der Waals surface area (Å²) in [6.45, 7) is -1.42. The number of aromatic nitrogens is 3. The number of pyridine rings is 1. The van der Waals surface area contributed by atoms with Gasteiger partial charge in [0.2, 0.25) is 17.6 Å². The Morgan fingerprint density at radius 2 is 2.29 bits per heavy atom. The first-order valence-electron chi connectivity index (χ1n) is 6.52. The van der Waals surface area contributed by atoms with Crippen molar-refractivity contribution >= 4 is 0 Å². The number of rotatable bonds is 5. The van der Waals surface area contributed by atoms with Crippen molar-refractivity contribution < 1.29 is 22.8 Å². The molecule has 0 amide bonds. The van der Waals surface area contributed by atoms with Gasteiger partial charge in [-0.05, 0) is 18.4 Å². The fourth-order valence-electron chi connectivity index (χ4n) is 2.12. The highest BCUT2D eigenvalue weighted by molar-refractivity contribution is 5.52. The lowest BCUT2D eigenvalue weighted by molar-refractivity contribution is -0.0528. The van der Waals surface area contributed by atoms with Gasteiger partial charge in [0.15, 0.2) is 0 Å². The summed E-state index contributed by atoms with van der Waals surface area (Å²) in [4.78, 5) is 8.04. The molecule has 1 fully saturated rings. The molecule has 2 aromatic heterocycles. The van der Waals surface area contributed by atoms with Gasteiger partial charge < -0.3 is 14.0 Å². The third-order valence-corrected chi connectivity index (χ3v) is 3.16. The zero-order valence-electron chi connectivity index (χ0n) is 11.0. The molecular formula is C13H13F2N3O3. The number of ether oxygens (including phenoxy) is 2. The van der Waals surface area contributed by atoms with Crippen molar-refractivity contribution in [3.05, 3.63) is 24.2 Å². The molecule has 3 heterocycles. The standard InChI is InChI=1S/C13H13F2N3O3/c14-13(15)20-10-2-1-9(6-16-10)12-17-11(21-18-12)5-8-3-4-19-7-8/h1-2,6,8,13H,3-5,7H2. The van der Waals surface area contributed by atoms with Crippen LogP contribution in [0.2, 0.25) is 0 Å². The molecule has 0 spiro atoms. The van der Waals surface area contributed by atoms with Crippen molar-refractivity contribution in [1.82, 2.24) is 15.1 Å². The second-order valence-electron chi connectivity index (χ2n) is 4.71. The summed E-state index contributed by atoms with van der Waals surface area (Å²) in [5.74, 6) is 1.16. The molecule has 2 aromatic rings. The molecule has 1 atom stereocenters. The lowest BCUT2D eigenvalue weighted by Gasteiger charge is -2.02. The summed E-state index contributed by atoms with van der Waals surface area (Å²) in [7, 11) is 0. The Bertz CT molecular complexity index is 583. The molecule has 0 aromatic carbocycles. The highest BCUT2D eigenvalue weighted by Crippen LogP contribution is 2.21. The Kier molecular flexibility index (Phi) is 4.05. The van der Waals surface area contributed by atoms with Gasteiger partial charge in [0.1, 0.15) is 0 Å². The van der Waals surface area contributed by atoms with Crippen LogP contribution in [0.25, 0.3) is 11.4 Å². The number of halogens is 2. The Morgan fingerprint density at radius 3 is 2.95 bits per heavy atom. The Labute approximate surface area is 119 Å². The van der Waals surface area contributed by atoms with Gasteiger partial charge in [0.25, 0.3) is 0 Å². The number of nitrogens with zero attached hydrogens (tertiary/aromatic N) is 3. The van der Waals surface area contributed by atoms with Crippen LogP contribution in [0.15, 0.2) is 22.9 Å². The molecule has 0 saturated carbocycles. The van der Waals surface area contributed by atoms with E-state index < -0.39 is 6.61 Å². The summed E-state index contributed by atoms with van der Waals surface area (Å²) < 4.78 is 38.7. The van der Waals surface area contributed by atoms with Crippen molar-refractivity contribution in [3.8, 4) is 17.3 Å². The van der Waals surface area contributed by atoms with Gasteiger partial charge in [-0.2, -0.15) is 13.8 Å². The monoisotopic (exact) mass is 297 g/mol. The van der Waals surface area contributed by atoms with E-state index in [1.165, 1.54) is 12.3 Å². The van der Waals surface area contributed by atoms with E-state index in [4.69, 9.17) is 9.26 Å². The molecule has 1 aliphatic rings. The molecule has 0 radical (unpaired) electrons. The van der Waals surface area contributed by atoms with Crippen molar-refractivity contribution in [1.29, 1.82) is 0 Å². The average molecular weight is 297 g/mol. The molecule has 1 unspecified atom stereocenters. The smallest absolute Gasteiger partial charge is 0.388 e. The van der Waals surface area contributed by atoms with Crippen LogP contribution in [0.4, 0.5) is 8.78 Å². The average Bonchev–Trinajstić information content (AvgIpc) is 3.11. The van der Waals surface area contributed by atoms with E-state index in [2.05, 4.69) is 19.9 Å². The van der Waals surface area contributed by atoms with E-state index in [-0.39, 0.29) is 5.88 Å². The summed E-state index contributed by atoms with van der Waals surface area (Å²) in [5.41, 5.74) is 0.578. The minimum Gasteiger partial charge on any atom is -0.417 e. The summed E-state index contributed by atoms with van der Waals surface area (Å²) in [6.07, 6.45) is 3.02. The van der Waals surface area contributed by atoms with Gasteiger partial charge in [-0.3, -0.25) is 0 Å². The molecule has 112 valence electrons. The molecule has 3 rings (SSSR count). The van der Waals surface area contributed by atoms with E-state index in [0.717, 1.165) is 13.0 Å². The molecule has 0 aliphatic carbocycles. The summed E-state index contributed by atoms with van der Waals surface area (Å²) in [6, 6.07) is 2.89. The summed E-state index contributed by atoms with van der Waals surface area (Å²) >= 11 is 0. The fourth-order valence-corrected chi connectivity index (χ4v) is 2.12. The van der Waals surface area contributed by atoms with E-state index in [9.17, 15) is 8.78 Å². The van der Waals surface area contributed by atoms with Crippen molar-refractivity contribution in [3.63, 3.8) is 0 Å². The molecule has 0 bridgehead atoms. The van der Waals surface area contributed by atoms with Gasteiger partial charge in [-0.15, -0.1) is 0 Å². The van der Waals surface area contributed by atoms with E-state index in [1.54, 1.807) is 6.07 Å². The lowest BCUT2D eigenvalue weighted by atomic mass is 10.1. The van der Waals surface area contributed by atoms with Gasteiger partial charge in [0.05, 0.1) is 0 Å². The normalized spacial score (nSPS) is 18.3. The zero-order chi connectivity index (χ0) is 14.7. The highest BCUT2D eigenvalue weighted by Gasteiger charge is 2.20. The van der Waals surface area contributed by atoms with Crippen LogP contribution < -0.4 is 4.74 Å². The van der Waals surface area contributed by atoms with Crippen LogP contribution in [-0.2, 0) is 11.2 Å². The highest BCUT2D eigenvalue weighted by atomic mass is 19.3. The molecular weight excluding hydrogens is 284 g/mol. The molecule has 1 aliphatic heterocycles. The molecule has 21 heavy (non-hydrogen) atoms. The van der Waals surface area contributed by atoms with Crippen molar-refractivity contribution in [2.24, 2.45) is 5.92 Å². The third-order valence-electron chi connectivity index (χ3n) is 3.16. The van der Waals surface area contributed by atoms with Crippen LogP contribution in [-0.4, -0.2) is 34.9 Å². The first-order chi connectivity index (χ1) is 10.2. The van der Waals surface area contributed by atoms with E-state index >= 15 is 0 Å². The van der Waals surface area contributed by atoms with E-state index in [0.29, 0.717) is 36.2 Å². The van der Waals surface area contributed by atoms with Crippen LogP contribution >= 0.6 is 0 Å². The topological polar surface area (TPSA) is 70.3 Å². The van der Waals surface area contributed by atoms with Crippen molar-refractivity contribution in [2.45, 2.75) is 19.5 Å². The van der Waals surface area contributed by atoms with Crippen molar-refractivity contribution in [2.75, 3.05) is 13.2 Å². The van der Waals surface area contributed by atoms with Gasteiger partial charge in [0, 0.05) is 37.5 Å². The molecule has 0 N–H and O–H groups in total. The first-order valence-corrected chi connectivity index (χ1v) is 6.52. The largest absolute Gasteiger partial charge is 0.417 e. The maximum atomic E-state index is 12.0. The first kappa shape index (κ1) is 13.9. The van der Waals surface area contributed by atoms with Gasteiger partial charge in [-0.25, -0.2) is 4.98 Å². The Morgan fingerprint density at radius 1 is 1.38 bits per heavy atom. The SMILES string of the molecule is FC(F)Oc1ccc(-c2noc(CC3CCOC3)n2)cn1. The second kappa shape index (κ2) is 6.13. The maximum absolute atomic E-state index is 12.0. The van der Waals surface area contributed by atoms with Gasteiger partial charge >= 0.3 is 6.61 Å². The van der Waals surface area contributed by atoms with Crippen LogP contribution in [0.3, 0.4) is 0 Å². The van der Waals surface area contributed by atoms with E-state index in [1.807, 2.05) is 0 Å². The predicted molar refractivity (Wildman–Crippen MR) is 66.8 cm³/mol. The Balaban J connectivity index is 1.67. The van der Waals surface area contributed by atoms with Crippen LogP contribution in [0, 0.1) is 5.92 Å². The zero-order valence-corrected chi connectivity index (χ0v) is 11.0. The Hall–Kier alpha value is -2.09. The minimum atomic E-state index is -2.89. The van der Waals surface area contributed by atoms with Gasteiger partial charge in [-0.1, -0.05) is 5.16 Å². The molecule has 8 heteroatoms. The lowest BCUT2D eigenvalue weighted by Crippen LogP contribution is -2.04. The fraction of sp³-hybridized carbons (Fsp3) is 0.462. The molecule has 6 nitrogen and oxygen atoms in total. The minimum absolute atomic E-state index is 0.152. The number of alkyl halides is 2. The third kappa shape index (κ3) is 3.52. The molecule has 1 saturated heterocycles. The number of hydrogen-bond donors (Lipinski definition) is 0. The maximum Gasteiger partial charge on any atom is 0.388 e. The van der Waals surface area contributed by atoms with Crippen LogP contribution in [0.1, 0.15) is 12.3 Å². The van der Waals surface area contributed by atoms with Crippen LogP contribution in [0.5, 0.6) is 5.88 Å². The predicted octanol–water partition coefficient (Wildman–Crippen LogP) is 2.31. The quantitative estimate of drug-likeness (QED) is 0.843. The number of hydrogen-bond acceptors (Lipinski definition) is 6.